The number of halogens is 3. The summed E-state index contributed by atoms with van der Waals surface area (Å²) in [6, 6.07) is 0. The molecule has 3 N–H and O–H groups in total. The molecule has 0 heterocycles. The van der Waals surface area contributed by atoms with Crippen molar-refractivity contribution >= 4 is 12.3 Å². The van der Waals surface area contributed by atoms with Gasteiger partial charge >= 0.3 is 6.18 Å². The van der Waals surface area contributed by atoms with E-state index in [1.54, 1.807) is 0 Å². The van der Waals surface area contributed by atoms with Crippen LogP contribution in [0.3, 0.4) is 0 Å². The van der Waals surface area contributed by atoms with E-state index in [1.165, 1.54) is 20.8 Å². The zero-order valence-electron chi connectivity index (χ0n) is 10.8. The molecule has 0 saturated carbocycles. The van der Waals surface area contributed by atoms with E-state index in [2.05, 4.69) is 0 Å². The minimum Gasteiger partial charge on any atom is -0.305 e. The van der Waals surface area contributed by atoms with Crippen molar-refractivity contribution in [3.05, 3.63) is 0 Å². The number of carbonyl (C=O) groups excluding carboxylic acids is 2. The summed E-state index contributed by atoms with van der Waals surface area (Å²) < 4.78 is 38.0. The maximum Gasteiger partial charge on any atom is 0.420 e. The predicted octanol–water partition coefficient (Wildman–Crippen LogP) is 0.597. The van der Waals surface area contributed by atoms with Gasteiger partial charge in [0.1, 0.15) is 0 Å². The molecule has 0 saturated heterocycles. The molecule has 1 unspecified atom stereocenters. The van der Waals surface area contributed by atoms with Gasteiger partial charge in [0.25, 0.3) is 0 Å². The summed E-state index contributed by atoms with van der Waals surface area (Å²) in [6.07, 6.45) is -5.65. The van der Waals surface area contributed by atoms with Crippen LogP contribution in [0.5, 0.6) is 0 Å². The highest BCUT2D eigenvalue weighted by Crippen LogP contribution is 2.29. The van der Waals surface area contributed by atoms with Crippen LogP contribution in [0.1, 0.15) is 27.2 Å². The molecule has 0 spiro atoms. The Hall–Kier alpha value is -1.15. The molecule has 0 radical (unpaired) electrons. The van der Waals surface area contributed by atoms with Gasteiger partial charge in [0.15, 0.2) is 5.66 Å². The third-order valence-corrected chi connectivity index (χ3v) is 2.48. The molecule has 0 aliphatic heterocycles. The molecule has 0 aromatic rings. The number of hydrogen-bond donors (Lipinski definition) is 2. The number of hydrogen-bond acceptors (Lipinski definition) is 4. The Morgan fingerprint density at radius 3 is 2.00 bits per heavy atom. The molecule has 106 valence electrons. The molecular formula is C10H18F3N3O2. The van der Waals surface area contributed by atoms with Gasteiger partial charge in [-0.1, -0.05) is 0 Å². The average Bonchev–Trinajstić information content (AvgIpc) is 2.14. The molecule has 8 heteroatoms. The lowest BCUT2D eigenvalue weighted by molar-refractivity contribution is -0.199. The van der Waals surface area contributed by atoms with Crippen molar-refractivity contribution in [2.75, 3.05) is 7.05 Å². The summed E-state index contributed by atoms with van der Waals surface area (Å²) in [5, 5.41) is 1.87. The molecule has 0 aromatic heterocycles. The Labute approximate surface area is 103 Å². The Morgan fingerprint density at radius 2 is 1.78 bits per heavy atom. The Bertz CT molecular complexity index is 325. The minimum absolute atomic E-state index is 0.203. The van der Waals surface area contributed by atoms with Crippen LogP contribution in [-0.4, -0.2) is 41.6 Å². The van der Waals surface area contributed by atoms with Crippen LogP contribution in [0.15, 0.2) is 0 Å². The molecule has 18 heavy (non-hydrogen) atoms. The third kappa shape index (κ3) is 3.67. The van der Waals surface area contributed by atoms with Gasteiger partial charge in [0, 0.05) is 5.54 Å². The number of nitrogens with two attached hydrogens (primary N) is 1. The molecule has 0 aliphatic rings. The van der Waals surface area contributed by atoms with Gasteiger partial charge < -0.3 is 5.73 Å². The second-order valence-corrected chi connectivity index (χ2v) is 4.94. The maximum atomic E-state index is 12.7. The lowest BCUT2D eigenvalue weighted by atomic mass is 10.0. The van der Waals surface area contributed by atoms with Crippen LogP contribution in [0.2, 0.25) is 0 Å². The number of carbonyl (C=O) groups is 2. The number of rotatable bonds is 4. The first kappa shape index (κ1) is 16.9. The zero-order chi connectivity index (χ0) is 14.8. The fourth-order valence-corrected chi connectivity index (χ4v) is 1.25. The van der Waals surface area contributed by atoms with Crippen LogP contribution in [-0.2, 0) is 9.59 Å². The van der Waals surface area contributed by atoms with Crippen LogP contribution in [0, 0.1) is 0 Å². The number of imide groups is 1. The quantitative estimate of drug-likeness (QED) is 0.579. The SMILES string of the molecule is CNC(N)(CC(=O)N(C=O)C(C)(C)C)C(F)(F)F. The number of nitrogens with one attached hydrogen (secondary N) is 1. The van der Waals surface area contributed by atoms with Crippen molar-refractivity contribution in [3.8, 4) is 0 Å². The van der Waals surface area contributed by atoms with Crippen molar-refractivity contribution < 1.29 is 22.8 Å². The molecule has 0 bridgehead atoms. The first-order valence-electron chi connectivity index (χ1n) is 5.21. The van der Waals surface area contributed by atoms with Crippen LogP contribution in [0.4, 0.5) is 13.2 Å². The first-order chi connectivity index (χ1) is 7.89. The van der Waals surface area contributed by atoms with Crippen LogP contribution >= 0.6 is 0 Å². The van der Waals surface area contributed by atoms with E-state index in [4.69, 9.17) is 5.73 Å². The van der Waals surface area contributed by atoms with Gasteiger partial charge in [-0.3, -0.25) is 19.8 Å². The highest BCUT2D eigenvalue weighted by molar-refractivity contribution is 5.87. The number of amides is 2. The molecular weight excluding hydrogens is 251 g/mol. The summed E-state index contributed by atoms with van der Waals surface area (Å²) in [4.78, 5) is 23.2. The normalized spacial score (nSPS) is 16.0. The Kier molecular flexibility index (Phi) is 4.90. The van der Waals surface area contributed by atoms with E-state index in [0.29, 0.717) is 4.90 Å². The summed E-state index contributed by atoms with van der Waals surface area (Å²) in [7, 11) is 1.00. The number of nitrogens with zero attached hydrogens (tertiary/aromatic N) is 1. The van der Waals surface area contributed by atoms with Gasteiger partial charge in [0.2, 0.25) is 12.3 Å². The van der Waals surface area contributed by atoms with Crippen LogP contribution in [0.25, 0.3) is 0 Å². The predicted molar refractivity (Wildman–Crippen MR) is 59.3 cm³/mol. The fourth-order valence-electron chi connectivity index (χ4n) is 1.25. The molecule has 1 atom stereocenters. The van der Waals surface area contributed by atoms with Crippen molar-refractivity contribution in [3.63, 3.8) is 0 Å². The summed E-state index contributed by atoms with van der Waals surface area (Å²) in [5.74, 6) is -0.994. The van der Waals surface area contributed by atoms with E-state index >= 15 is 0 Å². The Morgan fingerprint density at radius 1 is 1.33 bits per heavy atom. The van der Waals surface area contributed by atoms with E-state index in [1.807, 2.05) is 5.32 Å². The lowest BCUT2D eigenvalue weighted by Crippen LogP contribution is -2.65. The van der Waals surface area contributed by atoms with E-state index in [-0.39, 0.29) is 6.41 Å². The summed E-state index contributed by atoms with van der Waals surface area (Å²) in [5.41, 5.74) is 1.36. The molecule has 5 nitrogen and oxygen atoms in total. The van der Waals surface area contributed by atoms with Crippen molar-refractivity contribution in [2.45, 2.75) is 44.6 Å². The van der Waals surface area contributed by atoms with Gasteiger partial charge in [-0.25, -0.2) is 0 Å². The van der Waals surface area contributed by atoms with E-state index in [0.717, 1.165) is 7.05 Å². The van der Waals surface area contributed by atoms with Gasteiger partial charge in [-0.2, -0.15) is 13.2 Å². The highest BCUT2D eigenvalue weighted by Gasteiger charge is 2.53. The van der Waals surface area contributed by atoms with Crippen molar-refractivity contribution in [1.82, 2.24) is 10.2 Å². The molecule has 0 aliphatic carbocycles. The second-order valence-electron chi connectivity index (χ2n) is 4.94. The van der Waals surface area contributed by atoms with Gasteiger partial charge in [0.05, 0.1) is 6.42 Å². The van der Waals surface area contributed by atoms with Crippen molar-refractivity contribution in [2.24, 2.45) is 5.73 Å². The minimum atomic E-state index is -4.80. The zero-order valence-corrected chi connectivity index (χ0v) is 10.8. The highest BCUT2D eigenvalue weighted by atomic mass is 19.4. The molecule has 0 rings (SSSR count). The smallest absolute Gasteiger partial charge is 0.305 e. The molecule has 0 aromatic carbocycles. The van der Waals surface area contributed by atoms with E-state index < -0.39 is 29.7 Å². The lowest BCUT2D eigenvalue weighted by Gasteiger charge is -2.35. The van der Waals surface area contributed by atoms with Crippen molar-refractivity contribution in [1.29, 1.82) is 0 Å². The fraction of sp³-hybridized carbons (Fsp3) is 0.800. The van der Waals surface area contributed by atoms with Gasteiger partial charge in [-0.05, 0) is 27.8 Å². The van der Waals surface area contributed by atoms with Gasteiger partial charge in [-0.15, -0.1) is 0 Å². The average molecular weight is 269 g/mol. The third-order valence-electron chi connectivity index (χ3n) is 2.48. The largest absolute Gasteiger partial charge is 0.420 e. The van der Waals surface area contributed by atoms with E-state index in [9.17, 15) is 22.8 Å². The monoisotopic (exact) mass is 269 g/mol. The maximum absolute atomic E-state index is 12.7. The summed E-state index contributed by atoms with van der Waals surface area (Å²) in [6.45, 7) is 4.60. The van der Waals surface area contributed by atoms with Crippen LogP contribution < -0.4 is 11.1 Å². The molecule has 2 amide bonds. The molecule has 0 fully saturated rings. The first-order valence-corrected chi connectivity index (χ1v) is 5.21. The topological polar surface area (TPSA) is 75.4 Å². The standard InChI is InChI=1S/C10H18F3N3O2/c1-8(2,3)16(6-17)7(18)5-9(14,15-4)10(11,12)13/h6,15H,5,14H2,1-4H3. The number of alkyl halides is 3. The second kappa shape index (κ2) is 5.23. The Balaban J connectivity index is 5.10. The summed E-state index contributed by atoms with van der Waals surface area (Å²) >= 11 is 0.